The largest absolute Gasteiger partial charge is 0.530 e. The Kier molecular flexibility index (Phi) is 8.37. The lowest BCUT2D eigenvalue weighted by Gasteiger charge is -2.31. The van der Waals surface area contributed by atoms with Crippen LogP contribution in [0, 0.1) is 0 Å². The zero-order valence-electron chi connectivity index (χ0n) is 12.0. The molecule has 0 aromatic rings. The fraction of sp³-hybridized carbons (Fsp3) is 0.909. The number of esters is 1. The van der Waals surface area contributed by atoms with Gasteiger partial charge in [-0.25, -0.2) is 0 Å². The van der Waals surface area contributed by atoms with Crippen LogP contribution in [0.15, 0.2) is 0 Å². The standard InChI is InChI=1S/C11H24O6Si/c1-7-10(12)17-11(8-2)16-9(3)18(13-4,14-5)15-6/h9,11H,7-8H2,1-6H3. The van der Waals surface area contributed by atoms with Crippen LogP contribution in [-0.4, -0.2) is 48.1 Å². The van der Waals surface area contributed by atoms with Gasteiger partial charge in [-0.15, -0.1) is 0 Å². The molecule has 0 amide bonds. The van der Waals surface area contributed by atoms with E-state index in [1.165, 1.54) is 21.3 Å². The second-order valence-corrected chi connectivity index (χ2v) is 6.92. The van der Waals surface area contributed by atoms with Gasteiger partial charge in [0.1, 0.15) is 5.73 Å². The molecule has 0 fully saturated rings. The smallest absolute Gasteiger partial charge is 0.436 e. The SMILES string of the molecule is CCC(=O)OC(CC)OC(C)[Si](OC)(OC)OC. The van der Waals surface area contributed by atoms with Crippen LogP contribution in [0.4, 0.5) is 0 Å². The molecule has 0 bridgehead atoms. The second-order valence-electron chi connectivity index (χ2n) is 3.68. The monoisotopic (exact) mass is 280 g/mol. The van der Waals surface area contributed by atoms with E-state index >= 15 is 0 Å². The Hall–Kier alpha value is -0.473. The van der Waals surface area contributed by atoms with Gasteiger partial charge in [0.25, 0.3) is 0 Å². The summed E-state index contributed by atoms with van der Waals surface area (Å²) in [6, 6.07) is 0. The summed E-state index contributed by atoms with van der Waals surface area (Å²) in [5.74, 6) is -0.298. The first-order valence-electron chi connectivity index (χ1n) is 5.99. The molecule has 7 heteroatoms. The fourth-order valence-corrected chi connectivity index (χ4v) is 3.31. The minimum Gasteiger partial charge on any atom is -0.436 e. The van der Waals surface area contributed by atoms with Crippen LogP contribution in [0.3, 0.4) is 0 Å². The molecule has 0 spiro atoms. The van der Waals surface area contributed by atoms with Gasteiger partial charge in [-0.2, -0.15) is 0 Å². The number of rotatable bonds is 9. The second kappa shape index (κ2) is 8.60. The number of carbonyl (C=O) groups is 1. The van der Waals surface area contributed by atoms with E-state index in [1.54, 1.807) is 13.8 Å². The Morgan fingerprint density at radius 1 is 1.11 bits per heavy atom. The van der Waals surface area contributed by atoms with Crippen LogP contribution >= 0.6 is 0 Å². The molecule has 6 nitrogen and oxygen atoms in total. The molecular weight excluding hydrogens is 256 g/mol. The highest BCUT2D eigenvalue weighted by molar-refractivity contribution is 6.61. The summed E-state index contributed by atoms with van der Waals surface area (Å²) in [7, 11) is 1.66. The Morgan fingerprint density at radius 2 is 1.61 bits per heavy atom. The fourth-order valence-electron chi connectivity index (χ4n) is 1.50. The molecular formula is C11H24O6Si. The van der Waals surface area contributed by atoms with Crippen LogP contribution < -0.4 is 0 Å². The molecule has 0 aliphatic rings. The van der Waals surface area contributed by atoms with Crippen molar-refractivity contribution in [2.24, 2.45) is 0 Å². The maximum absolute atomic E-state index is 11.2. The van der Waals surface area contributed by atoms with Gasteiger partial charge in [-0.1, -0.05) is 13.8 Å². The van der Waals surface area contributed by atoms with Crippen molar-refractivity contribution in [2.45, 2.75) is 45.6 Å². The third-order valence-electron chi connectivity index (χ3n) is 2.59. The molecule has 0 rings (SSSR count). The first-order chi connectivity index (χ1) is 8.49. The highest BCUT2D eigenvalue weighted by Crippen LogP contribution is 2.18. The van der Waals surface area contributed by atoms with Gasteiger partial charge >= 0.3 is 14.8 Å². The average Bonchev–Trinajstić information content (AvgIpc) is 2.40. The zero-order valence-corrected chi connectivity index (χ0v) is 13.0. The zero-order chi connectivity index (χ0) is 14.2. The summed E-state index contributed by atoms with van der Waals surface area (Å²) in [6.07, 6.45) is 0.257. The van der Waals surface area contributed by atoms with E-state index in [-0.39, 0.29) is 5.97 Å². The van der Waals surface area contributed by atoms with Crippen molar-refractivity contribution in [3.63, 3.8) is 0 Å². The first kappa shape index (κ1) is 17.5. The molecule has 0 aliphatic carbocycles. The summed E-state index contributed by atoms with van der Waals surface area (Å²) in [4.78, 5) is 11.2. The highest BCUT2D eigenvalue weighted by Gasteiger charge is 2.47. The highest BCUT2D eigenvalue weighted by atomic mass is 28.4. The van der Waals surface area contributed by atoms with E-state index < -0.39 is 20.8 Å². The minimum absolute atomic E-state index is 0.298. The molecule has 0 N–H and O–H groups in total. The normalized spacial score (nSPS) is 15.2. The lowest BCUT2D eigenvalue weighted by molar-refractivity contribution is -0.186. The Labute approximate surface area is 110 Å². The predicted octanol–water partition coefficient (Wildman–Crippen LogP) is 1.50. The van der Waals surface area contributed by atoms with Crippen LogP contribution in [0.5, 0.6) is 0 Å². The van der Waals surface area contributed by atoms with Crippen molar-refractivity contribution in [3.8, 4) is 0 Å². The molecule has 0 heterocycles. The van der Waals surface area contributed by atoms with Gasteiger partial charge in [0.2, 0.25) is 6.29 Å². The number of hydrogen-bond acceptors (Lipinski definition) is 6. The van der Waals surface area contributed by atoms with E-state index in [0.29, 0.717) is 12.8 Å². The maximum atomic E-state index is 11.2. The summed E-state index contributed by atoms with van der Waals surface area (Å²) in [6.45, 7) is 5.39. The Balaban J connectivity index is 4.58. The van der Waals surface area contributed by atoms with Crippen LogP contribution in [0.2, 0.25) is 0 Å². The molecule has 18 heavy (non-hydrogen) atoms. The average molecular weight is 280 g/mol. The summed E-state index contributed by atoms with van der Waals surface area (Å²) in [5, 5.41) is 0. The van der Waals surface area contributed by atoms with E-state index in [4.69, 9.17) is 22.8 Å². The molecule has 108 valence electrons. The summed E-state index contributed by atoms with van der Waals surface area (Å²) >= 11 is 0. The van der Waals surface area contributed by atoms with Gasteiger partial charge in [0.15, 0.2) is 0 Å². The molecule has 0 aromatic carbocycles. The van der Waals surface area contributed by atoms with Crippen molar-refractivity contribution in [2.75, 3.05) is 21.3 Å². The third kappa shape index (κ3) is 4.66. The number of ether oxygens (including phenoxy) is 2. The lowest BCUT2D eigenvalue weighted by atomic mass is 10.4. The molecule has 0 aliphatic heterocycles. The minimum atomic E-state index is -2.87. The van der Waals surface area contributed by atoms with E-state index in [1.807, 2.05) is 6.92 Å². The van der Waals surface area contributed by atoms with E-state index in [9.17, 15) is 4.79 Å². The third-order valence-corrected chi connectivity index (χ3v) is 5.43. The lowest BCUT2D eigenvalue weighted by Crippen LogP contribution is -2.55. The molecule has 2 unspecified atom stereocenters. The number of hydrogen-bond donors (Lipinski definition) is 0. The Morgan fingerprint density at radius 3 is 1.94 bits per heavy atom. The molecule has 0 saturated heterocycles. The van der Waals surface area contributed by atoms with Crippen molar-refractivity contribution in [3.05, 3.63) is 0 Å². The van der Waals surface area contributed by atoms with Crippen LogP contribution in [-0.2, 0) is 27.5 Å². The Bertz CT molecular complexity index is 235. The molecule has 0 saturated carbocycles. The van der Waals surface area contributed by atoms with Gasteiger partial charge in [0, 0.05) is 34.2 Å². The first-order valence-corrected chi connectivity index (χ1v) is 7.80. The van der Waals surface area contributed by atoms with E-state index in [2.05, 4.69) is 0 Å². The summed E-state index contributed by atoms with van der Waals surface area (Å²) in [5.41, 5.74) is -0.424. The maximum Gasteiger partial charge on any atom is 0.530 e. The van der Waals surface area contributed by atoms with Crippen molar-refractivity contribution in [1.29, 1.82) is 0 Å². The predicted molar refractivity (Wildman–Crippen MR) is 67.8 cm³/mol. The topological polar surface area (TPSA) is 63.2 Å². The molecule has 0 radical (unpaired) electrons. The van der Waals surface area contributed by atoms with Crippen molar-refractivity contribution < 1.29 is 27.5 Å². The van der Waals surface area contributed by atoms with Crippen molar-refractivity contribution >= 4 is 14.8 Å². The van der Waals surface area contributed by atoms with Crippen molar-refractivity contribution in [1.82, 2.24) is 0 Å². The van der Waals surface area contributed by atoms with Gasteiger partial charge in [0.05, 0.1) is 0 Å². The molecule has 2 atom stereocenters. The molecule has 0 aromatic heterocycles. The van der Waals surface area contributed by atoms with Gasteiger partial charge in [-0.05, 0) is 6.92 Å². The van der Waals surface area contributed by atoms with Gasteiger partial charge in [-0.3, -0.25) is 4.79 Å². The van der Waals surface area contributed by atoms with Crippen LogP contribution in [0.25, 0.3) is 0 Å². The van der Waals surface area contributed by atoms with Crippen LogP contribution in [0.1, 0.15) is 33.6 Å². The quantitative estimate of drug-likeness (QED) is 0.362. The van der Waals surface area contributed by atoms with Gasteiger partial charge < -0.3 is 22.8 Å². The van der Waals surface area contributed by atoms with E-state index in [0.717, 1.165) is 0 Å². The number of carbonyl (C=O) groups excluding carboxylic acids is 1. The summed E-state index contributed by atoms with van der Waals surface area (Å²) < 4.78 is 26.7.